The molecule has 84 valence electrons. The maximum absolute atomic E-state index is 9.11. The van der Waals surface area contributed by atoms with Gasteiger partial charge in [0.2, 0.25) is 0 Å². The Morgan fingerprint density at radius 1 is 1.40 bits per heavy atom. The molecule has 0 bridgehead atoms. The van der Waals surface area contributed by atoms with Gasteiger partial charge in [-0.1, -0.05) is 18.2 Å². The lowest BCUT2D eigenvalue weighted by atomic mass is 10.2. The van der Waals surface area contributed by atoms with E-state index in [-0.39, 0.29) is 6.10 Å². The summed E-state index contributed by atoms with van der Waals surface area (Å²) in [5.41, 5.74) is 1.13. The second-order valence-corrected chi connectivity index (χ2v) is 3.52. The molecule has 0 aliphatic carbocycles. The zero-order chi connectivity index (χ0) is 11.1. The third-order valence-electron chi connectivity index (χ3n) is 2.03. The molecule has 0 saturated carbocycles. The summed E-state index contributed by atoms with van der Waals surface area (Å²) in [6.07, 6.45) is -0.316. The van der Waals surface area contributed by atoms with Crippen molar-refractivity contribution in [2.45, 2.75) is 26.5 Å². The number of benzene rings is 1. The highest BCUT2D eigenvalue weighted by Crippen LogP contribution is 2.17. The Labute approximate surface area is 91.1 Å². The van der Waals surface area contributed by atoms with Crippen LogP contribution in [0.5, 0.6) is 5.75 Å². The van der Waals surface area contributed by atoms with Gasteiger partial charge in [-0.3, -0.25) is 0 Å². The fraction of sp³-hybridized carbons (Fsp3) is 0.500. The number of ether oxygens (including phenoxy) is 1. The van der Waals surface area contributed by atoms with Gasteiger partial charge >= 0.3 is 0 Å². The number of para-hydroxylation sites is 1. The minimum Gasteiger partial charge on any atom is -0.494 e. The number of rotatable bonds is 6. The van der Waals surface area contributed by atoms with Crippen LogP contribution in [0.3, 0.4) is 0 Å². The fourth-order valence-electron chi connectivity index (χ4n) is 1.36. The van der Waals surface area contributed by atoms with Crippen molar-refractivity contribution in [2.24, 2.45) is 0 Å². The van der Waals surface area contributed by atoms with Gasteiger partial charge in [-0.2, -0.15) is 0 Å². The minimum absolute atomic E-state index is 0.316. The van der Waals surface area contributed by atoms with Gasteiger partial charge in [0.05, 0.1) is 12.7 Å². The standard InChI is InChI=1S/C12H19NO2/c1-3-15-12-7-5-4-6-11(12)9-13-8-10(2)14/h4-7,10,13-14H,3,8-9H2,1-2H3. The summed E-state index contributed by atoms with van der Waals surface area (Å²) in [5, 5.41) is 12.3. The van der Waals surface area contributed by atoms with E-state index in [9.17, 15) is 0 Å². The Kier molecular flexibility index (Phi) is 5.15. The van der Waals surface area contributed by atoms with Crippen LogP contribution < -0.4 is 10.1 Å². The molecule has 0 aliphatic rings. The number of aliphatic hydroxyl groups excluding tert-OH is 1. The molecule has 0 saturated heterocycles. The summed E-state index contributed by atoms with van der Waals surface area (Å²) in [6, 6.07) is 7.94. The molecule has 0 radical (unpaired) electrons. The summed E-state index contributed by atoms with van der Waals surface area (Å²) in [7, 11) is 0. The molecule has 3 heteroatoms. The SMILES string of the molecule is CCOc1ccccc1CNCC(C)O. The van der Waals surface area contributed by atoms with E-state index >= 15 is 0 Å². The number of aliphatic hydroxyl groups is 1. The first kappa shape index (κ1) is 12.0. The molecule has 0 heterocycles. The van der Waals surface area contributed by atoms with Crippen molar-refractivity contribution in [2.75, 3.05) is 13.2 Å². The highest BCUT2D eigenvalue weighted by Gasteiger charge is 2.02. The van der Waals surface area contributed by atoms with E-state index in [1.807, 2.05) is 31.2 Å². The third-order valence-corrected chi connectivity index (χ3v) is 2.03. The molecule has 0 aliphatic heterocycles. The minimum atomic E-state index is -0.316. The Balaban J connectivity index is 2.51. The summed E-state index contributed by atoms with van der Waals surface area (Å²) in [5.74, 6) is 0.915. The molecule has 3 nitrogen and oxygen atoms in total. The molecule has 1 aromatic carbocycles. The normalized spacial score (nSPS) is 12.5. The lowest BCUT2D eigenvalue weighted by molar-refractivity contribution is 0.190. The first-order valence-corrected chi connectivity index (χ1v) is 5.33. The molecule has 1 aromatic rings. The van der Waals surface area contributed by atoms with E-state index in [0.717, 1.165) is 17.9 Å². The van der Waals surface area contributed by atoms with E-state index < -0.39 is 0 Å². The smallest absolute Gasteiger partial charge is 0.123 e. The fourth-order valence-corrected chi connectivity index (χ4v) is 1.36. The zero-order valence-corrected chi connectivity index (χ0v) is 9.36. The zero-order valence-electron chi connectivity index (χ0n) is 9.36. The van der Waals surface area contributed by atoms with Crippen molar-refractivity contribution in [1.82, 2.24) is 5.32 Å². The predicted octanol–water partition coefficient (Wildman–Crippen LogP) is 1.56. The first-order valence-electron chi connectivity index (χ1n) is 5.33. The van der Waals surface area contributed by atoms with E-state index in [4.69, 9.17) is 9.84 Å². The van der Waals surface area contributed by atoms with Gasteiger partial charge in [-0.15, -0.1) is 0 Å². The van der Waals surface area contributed by atoms with E-state index in [2.05, 4.69) is 5.32 Å². The summed E-state index contributed by atoms with van der Waals surface area (Å²) in [4.78, 5) is 0. The molecule has 2 N–H and O–H groups in total. The molecule has 0 aromatic heterocycles. The van der Waals surface area contributed by atoms with E-state index in [1.54, 1.807) is 6.92 Å². The quantitative estimate of drug-likeness (QED) is 0.747. The lowest BCUT2D eigenvalue weighted by Crippen LogP contribution is -2.24. The van der Waals surface area contributed by atoms with Crippen molar-refractivity contribution < 1.29 is 9.84 Å². The Bertz CT molecular complexity index is 287. The van der Waals surface area contributed by atoms with Crippen LogP contribution in [0.4, 0.5) is 0 Å². The summed E-state index contributed by atoms with van der Waals surface area (Å²) in [6.45, 7) is 5.73. The average Bonchev–Trinajstić information content (AvgIpc) is 2.20. The van der Waals surface area contributed by atoms with Gasteiger partial charge in [0, 0.05) is 18.7 Å². The summed E-state index contributed by atoms with van der Waals surface area (Å²) >= 11 is 0. The van der Waals surface area contributed by atoms with Gasteiger partial charge in [-0.05, 0) is 19.9 Å². The lowest BCUT2D eigenvalue weighted by Gasteiger charge is -2.11. The van der Waals surface area contributed by atoms with Gasteiger partial charge in [0.1, 0.15) is 5.75 Å². The van der Waals surface area contributed by atoms with E-state index in [1.165, 1.54) is 0 Å². The third kappa shape index (κ3) is 4.32. The Morgan fingerprint density at radius 3 is 2.80 bits per heavy atom. The molecule has 1 atom stereocenters. The first-order chi connectivity index (χ1) is 7.24. The maximum Gasteiger partial charge on any atom is 0.123 e. The van der Waals surface area contributed by atoms with Crippen LogP contribution in [-0.4, -0.2) is 24.4 Å². The van der Waals surface area contributed by atoms with Gasteiger partial charge < -0.3 is 15.2 Å². The van der Waals surface area contributed by atoms with Crippen molar-refractivity contribution in [1.29, 1.82) is 0 Å². The van der Waals surface area contributed by atoms with Gasteiger partial charge in [0.15, 0.2) is 0 Å². The number of nitrogens with one attached hydrogen (secondary N) is 1. The highest BCUT2D eigenvalue weighted by molar-refractivity contribution is 5.33. The molecule has 1 unspecified atom stereocenters. The molecular formula is C12H19NO2. The molecule has 0 spiro atoms. The van der Waals surface area contributed by atoms with Crippen LogP contribution >= 0.6 is 0 Å². The summed E-state index contributed by atoms with van der Waals surface area (Å²) < 4.78 is 5.49. The van der Waals surface area contributed by atoms with Crippen LogP contribution in [0.25, 0.3) is 0 Å². The van der Waals surface area contributed by atoms with Crippen LogP contribution in [0.1, 0.15) is 19.4 Å². The number of hydrogen-bond acceptors (Lipinski definition) is 3. The maximum atomic E-state index is 9.11. The van der Waals surface area contributed by atoms with Gasteiger partial charge in [0.25, 0.3) is 0 Å². The largest absolute Gasteiger partial charge is 0.494 e. The molecule has 1 rings (SSSR count). The van der Waals surface area contributed by atoms with Crippen LogP contribution in [0, 0.1) is 0 Å². The monoisotopic (exact) mass is 209 g/mol. The molecular weight excluding hydrogens is 190 g/mol. The van der Waals surface area contributed by atoms with Crippen molar-refractivity contribution in [3.63, 3.8) is 0 Å². The second-order valence-electron chi connectivity index (χ2n) is 3.52. The number of hydrogen-bond donors (Lipinski definition) is 2. The van der Waals surface area contributed by atoms with Gasteiger partial charge in [-0.25, -0.2) is 0 Å². The van der Waals surface area contributed by atoms with Crippen LogP contribution in [-0.2, 0) is 6.54 Å². The molecule has 0 fully saturated rings. The van der Waals surface area contributed by atoms with E-state index in [0.29, 0.717) is 13.2 Å². The van der Waals surface area contributed by atoms with Crippen molar-refractivity contribution in [3.05, 3.63) is 29.8 Å². The second kappa shape index (κ2) is 6.43. The molecule has 15 heavy (non-hydrogen) atoms. The van der Waals surface area contributed by atoms with Crippen LogP contribution in [0.15, 0.2) is 24.3 Å². The predicted molar refractivity (Wildman–Crippen MR) is 61.0 cm³/mol. The van der Waals surface area contributed by atoms with Crippen molar-refractivity contribution in [3.8, 4) is 5.75 Å². The highest BCUT2D eigenvalue weighted by atomic mass is 16.5. The van der Waals surface area contributed by atoms with Crippen LogP contribution in [0.2, 0.25) is 0 Å². The Morgan fingerprint density at radius 2 is 2.13 bits per heavy atom. The average molecular weight is 209 g/mol. The topological polar surface area (TPSA) is 41.5 Å². The molecule has 0 amide bonds. The Hall–Kier alpha value is -1.06. The van der Waals surface area contributed by atoms with Crippen molar-refractivity contribution >= 4 is 0 Å².